The van der Waals surface area contributed by atoms with Crippen LogP contribution in [-0.2, 0) is 11.2 Å². The predicted molar refractivity (Wildman–Crippen MR) is 90.6 cm³/mol. The lowest BCUT2D eigenvalue weighted by Gasteiger charge is -2.10. The molecule has 0 fully saturated rings. The smallest absolute Gasteiger partial charge is 0.224 e. The fraction of sp³-hybridized carbons (Fsp3) is 0.235. The SMILES string of the molecule is COc1ccc(CCC(=O)Nc2ccccc2OC)cc1Br. The topological polar surface area (TPSA) is 47.6 Å². The van der Waals surface area contributed by atoms with Crippen molar-refractivity contribution >= 4 is 27.5 Å². The molecule has 0 atom stereocenters. The molecule has 0 saturated heterocycles. The molecule has 2 rings (SSSR count). The lowest BCUT2D eigenvalue weighted by atomic mass is 10.1. The molecule has 0 unspecified atom stereocenters. The average molecular weight is 364 g/mol. The van der Waals surface area contributed by atoms with Crippen molar-refractivity contribution in [3.05, 3.63) is 52.5 Å². The standard InChI is InChI=1S/C17H18BrNO3/c1-21-15-9-7-12(11-13(15)18)8-10-17(20)19-14-5-3-4-6-16(14)22-2/h3-7,9,11H,8,10H2,1-2H3,(H,19,20). The third-order valence-electron chi connectivity index (χ3n) is 3.24. The third kappa shape index (κ3) is 4.24. The second kappa shape index (κ2) is 7.84. The maximum atomic E-state index is 12.1. The number of aryl methyl sites for hydroxylation is 1. The molecule has 0 aromatic heterocycles. The summed E-state index contributed by atoms with van der Waals surface area (Å²) < 4.78 is 11.3. The minimum absolute atomic E-state index is 0.0450. The quantitative estimate of drug-likeness (QED) is 0.842. The molecule has 2 aromatic rings. The summed E-state index contributed by atoms with van der Waals surface area (Å²) in [5.74, 6) is 1.39. The molecule has 22 heavy (non-hydrogen) atoms. The minimum atomic E-state index is -0.0450. The van der Waals surface area contributed by atoms with Gasteiger partial charge in [0.15, 0.2) is 0 Å². The van der Waals surface area contributed by atoms with Gasteiger partial charge >= 0.3 is 0 Å². The number of benzene rings is 2. The van der Waals surface area contributed by atoms with Crippen LogP contribution in [0.2, 0.25) is 0 Å². The molecular formula is C17H18BrNO3. The zero-order chi connectivity index (χ0) is 15.9. The Labute approximate surface area is 138 Å². The summed E-state index contributed by atoms with van der Waals surface area (Å²) >= 11 is 3.44. The van der Waals surface area contributed by atoms with E-state index in [4.69, 9.17) is 9.47 Å². The van der Waals surface area contributed by atoms with E-state index in [2.05, 4.69) is 21.2 Å². The summed E-state index contributed by atoms with van der Waals surface area (Å²) in [6, 6.07) is 13.2. The zero-order valence-electron chi connectivity index (χ0n) is 12.6. The van der Waals surface area contributed by atoms with E-state index in [1.807, 2.05) is 42.5 Å². The molecule has 0 aliphatic heterocycles. The number of carbonyl (C=O) groups is 1. The number of ether oxygens (including phenoxy) is 2. The first-order chi connectivity index (χ1) is 10.6. The van der Waals surface area contributed by atoms with Gasteiger partial charge in [0.05, 0.1) is 24.4 Å². The maximum Gasteiger partial charge on any atom is 0.224 e. The molecule has 0 heterocycles. The maximum absolute atomic E-state index is 12.1. The van der Waals surface area contributed by atoms with Crippen molar-refractivity contribution in [2.45, 2.75) is 12.8 Å². The minimum Gasteiger partial charge on any atom is -0.496 e. The van der Waals surface area contributed by atoms with Gasteiger partial charge in [-0.3, -0.25) is 4.79 Å². The highest BCUT2D eigenvalue weighted by Gasteiger charge is 2.08. The van der Waals surface area contributed by atoms with Crippen LogP contribution in [0, 0.1) is 0 Å². The zero-order valence-corrected chi connectivity index (χ0v) is 14.1. The Morgan fingerprint density at radius 3 is 2.50 bits per heavy atom. The van der Waals surface area contributed by atoms with Crippen LogP contribution in [0.5, 0.6) is 11.5 Å². The molecule has 1 N–H and O–H groups in total. The molecule has 0 saturated carbocycles. The fourth-order valence-corrected chi connectivity index (χ4v) is 2.67. The molecule has 116 valence electrons. The van der Waals surface area contributed by atoms with Crippen molar-refractivity contribution in [3.8, 4) is 11.5 Å². The van der Waals surface area contributed by atoms with Crippen LogP contribution >= 0.6 is 15.9 Å². The Morgan fingerprint density at radius 2 is 1.82 bits per heavy atom. The number of hydrogen-bond donors (Lipinski definition) is 1. The van der Waals surface area contributed by atoms with Gasteiger partial charge in [0.1, 0.15) is 11.5 Å². The summed E-state index contributed by atoms with van der Waals surface area (Å²) in [6.07, 6.45) is 1.06. The molecular weight excluding hydrogens is 346 g/mol. The number of halogens is 1. The van der Waals surface area contributed by atoms with E-state index in [9.17, 15) is 4.79 Å². The van der Waals surface area contributed by atoms with E-state index in [1.54, 1.807) is 14.2 Å². The number of para-hydroxylation sites is 2. The highest BCUT2D eigenvalue weighted by molar-refractivity contribution is 9.10. The predicted octanol–water partition coefficient (Wildman–Crippen LogP) is 4.04. The first kappa shape index (κ1) is 16.4. The van der Waals surface area contributed by atoms with Crippen LogP contribution in [0.3, 0.4) is 0 Å². The van der Waals surface area contributed by atoms with E-state index >= 15 is 0 Å². The monoisotopic (exact) mass is 363 g/mol. The third-order valence-corrected chi connectivity index (χ3v) is 3.86. The van der Waals surface area contributed by atoms with Crippen molar-refractivity contribution in [2.24, 2.45) is 0 Å². The van der Waals surface area contributed by atoms with Gasteiger partial charge in [-0.2, -0.15) is 0 Å². The molecule has 1 amide bonds. The van der Waals surface area contributed by atoms with E-state index in [0.29, 0.717) is 24.3 Å². The van der Waals surface area contributed by atoms with Crippen molar-refractivity contribution in [2.75, 3.05) is 19.5 Å². The van der Waals surface area contributed by atoms with Gasteiger partial charge in [0.2, 0.25) is 5.91 Å². The van der Waals surface area contributed by atoms with Gasteiger partial charge in [-0.25, -0.2) is 0 Å². The van der Waals surface area contributed by atoms with Gasteiger partial charge in [0.25, 0.3) is 0 Å². The van der Waals surface area contributed by atoms with Crippen LogP contribution in [0.1, 0.15) is 12.0 Å². The number of amides is 1. The summed E-state index contributed by atoms with van der Waals surface area (Å²) in [6.45, 7) is 0. The molecule has 5 heteroatoms. The Bertz CT molecular complexity index is 658. The van der Waals surface area contributed by atoms with Gasteiger partial charge in [-0.15, -0.1) is 0 Å². The van der Waals surface area contributed by atoms with Crippen LogP contribution in [-0.4, -0.2) is 20.1 Å². The highest BCUT2D eigenvalue weighted by atomic mass is 79.9. The van der Waals surface area contributed by atoms with Gasteiger partial charge in [0, 0.05) is 6.42 Å². The van der Waals surface area contributed by atoms with Crippen LogP contribution in [0.25, 0.3) is 0 Å². The Hall–Kier alpha value is -2.01. The molecule has 0 radical (unpaired) electrons. The Kier molecular flexibility index (Phi) is 5.83. The summed E-state index contributed by atoms with van der Waals surface area (Å²) in [7, 11) is 3.21. The van der Waals surface area contributed by atoms with Crippen LogP contribution in [0.15, 0.2) is 46.9 Å². The fourth-order valence-electron chi connectivity index (χ4n) is 2.08. The average Bonchev–Trinajstić information content (AvgIpc) is 2.53. The number of anilines is 1. The summed E-state index contributed by atoms with van der Waals surface area (Å²) in [5, 5.41) is 2.87. The second-order valence-electron chi connectivity index (χ2n) is 4.72. The lowest BCUT2D eigenvalue weighted by Crippen LogP contribution is -2.13. The van der Waals surface area contributed by atoms with Crippen LogP contribution < -0.4 is 14.8 Å². The number of nitrogens with one attached hydrogen (secondary N) is 1. The van der Waals surface area contributed by atoms with Gasteiger partial charge < -0.3 is 14.8 Å². The van der Waals surface area contributed by atoms with Crippen molar-refractivity contribution < 1.29 is 14.3 Å². The first-order valence-electron chi connectivity index (χ1n) is 6.89. The largest absolute Gasteiger partial charge is 0.496 e. The Morgan fingerprint density at radius 1 is 1.09 bits per heavy atom. The molecule has 0 bridgehead atoms. The molecule has 4 nitrogen and oxygen atoms in total. The number of rotatable bonds is 6. The van der Waals surface area contributed by atoms with Crippen molar-refractivity contribution in [1.29, 1.82) is 0 Å². The van der Waals surface area contributed by atoms with E-state index in [0.717, 1.165) is 15.8 Å². The van der Waals surface area contributed by atoms with Crippen molar-refractivity contribution in [1.82, 2.24) is 0 Å². The van der Waals surface area contributed by atoms with E-state index in [1.165, 1.54) is 0 Å². The normalized spacial score (nSPS) is 10.1. The second-order valence-corrected chi connectivity index (χ2v) is 5.57. The number of methoxy groups -OCH3 is 2. The highest BCUT2D eigenvalue weighted by Crippen LogP contribution is 2.26. The molecule has 0 aliphatic rings. The molecule has 2 aromatic carbocycles. The summed E-state index contributed by atoms with van der Waals surface area (Å²) in [5.41, 5.74) is 1.76. The molecule has 0 aliphatic carbocycles. The summed E-state index contributed by atoms with van der Waals surface area (Å²) in [4.78, 5) is 12.1. The van der Waals surface area contributed by atoms with Gasteiger partial charge in [-0.05, 0) is 52.2 Å². The first-order valence-corrected chi connectivity index (χ1v) is 7.68. The lowest BCUT2D eigenvalue weighted by molar-refractivity contribution is -0.116. The van der Waals surface area contributed by atoms with Crippen LogP contribution in [0.4, 0.5) is 5.69 Å². The van der Waals surface area contributed by atoms with Crippen molar-refractivity contribution in [3.63, 3.8) is 0 Å². The Balaban J connectivity index is 1.94. The van der Waals surface area contributed by atoms with E-state index < -0.39 is 0 Å². The van der Waals surface area contributed by atoms with E-state index in [-0.39, 0.29) is 5.91 Å². The number of hydrogen-bond acceptors (Lipinski definition) is 3. The van der Waals surface area contributed by atoms with Gasteiger partial charge in [-0.1, -0.05) is 18.2 Å². The molecule has 0 spiro atoms. The number of carbonyl (C=O) groups excluding carboxylic acids is 1.